The van der Waals surface area contributed by atoms with Crippen molar-refractivity contribution in [1.29, 1.82) is 0 Å². The molecule has 92 valence electrons. The number of hydrogen-bond acceptors (Lipinski definition) is 3. The monoisotopic (exact) mass is 258 g/mol. The van der Waals surface area contributed by atoms with Crippen LogP contribution in [0.1, 0.15) is 30.1 Å². The van der Waals surface area contributed by atoms with E-state index in [-0.39, 0.29) is 35.0 Å². The van der Waals surface area contributed by atoms with Gasteiger partial charge in [0.15, 0.2) is 0 Å². The Bertz CT molecular complexity index is 442. The smallest absolute Gasteiger partial charge is 0.545 e. The van der Waals surface area contributed by atoms with Gasteiger partial charge in [-0.2, -0.15) is 0 Å². The zero-order valence-corrected chi connectivity index (χ0v) is 12.3. The molecule has 1 atom stereocenters. The van der Waals surface area contributed by atoms with Crippen LogP contribution in [-0.4, -0.2) is 16.6 Å². The van der Waals surface area contributed by atoms with Gasteiger partial charge in [0.1, 0.15) is 6.10 Å². The molecular weight excluding hydrogens is 243 g/mol. The zero-order valence-electron chi connectivity index (χ0n) is 10.3. The molecule has 0 spiro atoms. The van der Waals surface area contributed by atoms with Gasteiger partial charge in [-0.05, 0) is 42.0 Å². The molecule has 0 aliphatic heterocycles. The van der Waals surface area contributed by atoms with E-state index in [1.807, 2.05) is 24.3 Å². The van der Waals surface area contributed by atoms with Gasteiger partial charge in [0.25, 0.3) is 0 Å². The molecule has 0 amide bonds. The average molecular weight is 258 g/mol. The second-order valence-corrected chi connectivity index (χ2v) is 3.99. The summed E-state index contributed by atoms with van der Waals surface area (Å²) in [4.78, 5) is 10.5. The first-order chi connectivity index (χ1) is 7.68. The van der Waals surface area contributed by atoms with Gasteiger partial charge in [-0.15, -0.1) is 0 Å². The fraction of sp³-hybridized carbons (Fsp3) is 0.308. The average Bonchev–Trinajstić information content (AvgIpc) is 2.40. The van der Waals surface area contributed by atoms with Crippen molar-refractivity contribution in [3.8, 4) is 0 Å². The van der Waals surface area contributed by atoms with Crippen molar-refractivity contribution in [2.45, 2.75) is 25.4 Å². The van der Waals surface area contributed by atoms with Gasteiger partial charge in [-0.3, -0.25) is 0 Å². The number of rotatable bonds is 1. The summed E-state index contributed by atoms with van der Waals surface area (Å²) in [5, 5.41) is 20.6. The minimum atomic E-state index is -1.24. The molecule has 0 aromatic heterocycles. The van der Waals surface area contributed by atoms with Crippen molar-refractivity contribution in [3.63, 3.8) is 0 Å². The summed E-state index contributed by atoms with van der Waals surface area (Å²) in [6.45, 7) is 0. The van der Waals surface area contributed by atoms with Gasteiger partial charge in [-0.1, -0.05) is 24.3 Å². The standard InChI is InChI=1S/C13H14O3.Na.H2O/c14-12(15)8-10-6-3-5-9-4-1-2-7-11(9)13(10)16;;/h1-2,4,7-8,13,16H,3,5-6H2,(H,14,15);;1H2/q;+1;/p-1. The van der Waals surface area contributed by atoms with Crippen LogP contribution in [0.25, 0.3) is 0 Å². The van der Waals surface area contributed by atoms with Gasteiger partial charge in [0.2, 0.25) is 0 Å². The topological polar surface area (TPSA) is 91.9 Å². The Morgan fingerprint density at radius 1 is 1.33 bits per heavy atom. The zero-order chi connectivity index (χ0) is 11.5. The third-order valence-electron chi connectivity index (χ3n) is 2.92. The van der Waals surface area contributed by atoms with E-state index in [1.54, 1.807) is 0 Å². The number of carbonyl (C=O) groups is 1. The third kappa shape index (κ3) is 3.93. The second kappa shape index (κ2) is 7.71. The molecule has 0 fully saturated rings. The van der Waals surface area contributed by atoms with Crippen LogP contribution in [-0.2, 0) is 11.2 Å². The molecule has 1 aliphatic carbocycles. The SMILES string of the molecule is O.O=C([O-])C=C1CCCc2ccccc2C1O.[Na+]. The molecule has 4 nitrogen and oxygen atoms in total. The van der Waals surface area contributed by atoms with Gasteiger partial charge in [-0.25, -0.2) is 0 Å². The van der Waals surface area contributed by atoms with Crippen LogP contribution >= 0.6 is 0 Å². The fourth-order valence-corrected chi connectivity index (χ4v) is 2.15. The number of hydrogen-bond donors (Lipinski definition) is 1. The number of aliphatic carboxylic acids is 1. The number of benzene rings is 1. The van der Waals surface area contributed by atoms with Gasteiger partial charge in [0.05, 0.1) is 5.97 Å². The first kappa shape index (κ1) is 17.4. The van der Waals surface area contributed by atoms with Crippen molar-refractivity contribution in [2.24, 2.45) is 0 Å². The van der Waals surface area contributed by atoms with Crippen molar-refractivity contribution >= 4 is 5.97 Å². The normalized spacial score (nSPS) is 20.1. The Hall–Kier alpha value is -0.650. The molecule has 1 unspecified atom stereocenters. The number of fused-ring (bicyclic) bond motifs is 1. The Morgan fingerprint density at radius 3 is 2.67 bits per heavy atom. The Kier molecular flexibility index (Phi) is 7.43. The first-order valence-electron chi connectivity index (χ1n) is 5.36. The number of aliphatic hydroxyl groups is 1. The van der Waals surface area contributed by atoms with Crippen LogP contribution in [0.5, 0.6) is 0 Å². The maximum absolute atomic E-state index is 10.5. The molecule has 2 rings (SSSR count). The van der Waals surface area contributed by atoms with Gasteiger partial charge in [0, 0.05) is 0 Å². The van der Waals surface area contributed by atoms with E-state index in [4.69, 9.17) is 0 Å². The summed E-state index contributed by atoms with van der Waals surface area (Å²) >= 11 is 0. The van der Waals surface area contributed by atoms with Gasteiger partial charge < -0.3 is 20.5 Å². The van der Waals surface area contributed by atoms with E-state index in [0.29, 0.717) is 12.0 Å². The summed E-state index contributed by atoms with van der Waals surface area (Å²) in [5.74, 6) is -1.24. The molecule has 1 aliphatic rings. The van der Waals surface area contributed by atoms with Crippen LogP contribution < -0.4 is 34.7 Å². The van der Waals surface area contributed by atoms with E-state index in [1.165, 1.54) is 0 Å². The van der Waals surface area contributed by atoms with E-state index in [2.05, 4.69) is 0 Å². The first-order valence-corrected chi connectivity index (χ1v) is 5.36. The quantitative estimate of drug-likeness (QED) is 0.329. The number of aliphatic hydroxyl groups excluding tert-OH is 1. The Labute approximate surface area is 128 Å². The van der Waals surface area contributed by atoms with Crippen molar-refractivity contribution < 1.29 is 50.0 Å². The Morgan fingerprint density at radius 2 is 2.00 bits per heavy atom. The molecule has 0 saturated heterocycles. The maximum Gasteiger partial charge on any atom is 1.00 e. The molecule has 0 radical (unpaired) electrons. The van der Waals surface area contributed by atoms with Crippen molar-refractivity contribution in [2.75, 3.05) is 0 Å². The minimum absolute atomic E-state index is 0. The molecule has 3 N–H and O–H groups in total. The summed E-state index contributed by atoms with van der Waals surface area (Å²) in [6.07, 6.45) is 2.54. The van der Waals surface area contributed by atoms with Crippen LogP contribution in [0.15, 0.2) is 35.9 Å². The fourth-order valence-electron chi connectivity index (χ4n) is 2.15. The third-order valence-corrected chi connectivity index (χ3v) is 2.92. The molecule has 0 saturated carbocycles. The predicted molar refractivity (Wildman–Crippen MR) is 61.0 cm³/mol. The van der Waals surface area contributed by atoms with Crippen molar-refractivity contribution in [1.82, 2.24) is 0 Å². The largest absolute Gasteiger partial charge is 1.00 e. The summed E-state index contributed by atoms with van der Waals surface area (Å²) in [7, 11) is 0. The molecular formula is C13H15NaO4. The number of carboxylic acid groups (broad SMARTS) is 1. The molecule has 1 aromatic rings. The molecule has 0 bridgehead atoms. The van der Waals surface area contributed by atoms with E-state index < -0.39 is 12.1 Å². The number of aryl methyl sites for hydroxylation is 1. The molecule has 18 heavy (non-hydrogen) atoms. The Balaban J connectivity index is 0.00000144. The van der Waals surface area contributed by atoms with Crippen LogP contribution in [0.4, 0.5) is 0 Å². The molecule has 5 heteroatoms. The summed E-state index contributed by atoms with van der Waals surface area (Å²) < 4.78 is 0. The maximum atomic E-state index is 10.5. The van der Waals surface area contributed by atoms with Crippen molar-refractivity contribution in [3.05, 3.63) is 47.0 Å². The molecule has 1 aromatic carbocycles. The van der Waals surface area contributed by atoms with Crippen LogP contribution in [0, 0.1) is 0 Å². The van der Waals surface area contributed by atoms with E-state index in [9.17, 15) is 15.0 Å². The van der Waals surface area contributed by atoms with Crippen LogP contribution in [0.3, 0.4) is 0 Å². The second-order valence-electron chi connectivity index (χ2n) is 3.99. The van der Waals surface area contributed by atoms with E-state index in [0.717, 1.165) is 30.0 Å². The van der Waals surface area contributed by atoms with Crippen LogP contribution in [0.2, 0.25) is 0 Å². The summed E-state index contributed by atoms with van der Waals surface area (Å²) in [6, 6.07) is 7.60. The minimum Gasteiger partial charge on any atom is -0.545 e. The predicted octanol–water partition coefficient (Wildman–Crippen LogP) is -3.09. The van der Waals surface area contributed by atoms with E-state index >= 15 is 0 Å². The summed E-state index contributed by atoms with van der Waals surface area (Å²) in [5.41, 5.74) is 2.44. The van der Waals surface area contributed by atoms with Gasteiger partial charge >= 0.3 is 29.6 Å². The number of carbonyl (C=O) groups excluding carboxylic acids is 1. The molecule has 0 heterocycles. The number of carboxylic acids is 1.